The molecular weight excluding hydrogens is 458 g/mol. The highest BCUT2D eigenvalue weighted by molar-refractivity contribution is 5.92. The van der Waals surface area contributed by atoms with E-state index in [0.717, 1.165) is 34.9 Å². The molecule has 0 fully saturated rings. The molecule has 2 aromatic rings. The van der Waals surface area contributed by atoms with Crippen molar-refractivity contribution in [1.82, 2.24) is 20.1 Å². The lowest BCUT2D eigenvalue weighted by molar-refractivity contribution is -0.123. The molecule has 9 heteroatoms. The summed E-state index contributed by atoms with van der Waals surface area (Å²) in [4.78, 5) is 39.6. The highest BCUT2D eigenvalue weighted by atomic mass is 16.6. The van der Waals surface area contributed by atoms with Crippen molar-refractivity contribution in [2.45, 2.75) is 65.5 Å². The molecule has 3 rings (SSSR count). The Kier molecular flexibility index (Phi) is 8.41. The fourth-order valence-corrected chi connectivity index (χ4v) is 4.13. The summed E-state index contributed by atoms with van der Waals surface area (Å²) in [5.74, 6) is -0.171. The van der Waals surface area contributed by atoms with Gasteiger partial charge in [-0.15, -0.1) is 0 Å². The minimum absolute atomic E-state index is 0.102. The Morgan fingerprint density at radius 1 is 1.19 bits per heavy atom. The molecule has 1 unspecified atom stereocenters. The third-order valence-electron chi connectivity index (χ3n) is 5.73. The molecule has 1 aliphatic heterocycles. The van der Waals surface area contributed by atoms with Crippen molar-refractivity contribution >= 4 is 34.5 Å². The summed E-state index contributed by atoms with van der Waals surface area (Å²) in [7, 11) is 0. The van der Waals surface area contributed by atoms with Crippen LogP contribution in [0.3, 0.4) is 0 Å². The van der Waals surface area contributed by atoms with Crippen LogP contribution in [0.5, 0.6) is 0 Å². The van der Waals surface area contributed by atoms with Crippen molar-refractivity contribution in [2.24, 2.45) is 5.92 Å². The van der Waals surface area contributed by atoms with E-state index < -0.39 is 17.7 Å². The van der Waals surface area contributed by atoms with E-state index in [1.165, 1.54) is 4.57 Å². The van der Waals surface area contributed by atoms with Crippen LogP contribution in [0, 0.1) is 17.2 Å². The second-order valence-electron chi connectivity index (χ2n) is 10.4. The lowest BCUT2D eigenvalue weighted by atomic mass is 9.98. The number of benzene rings is 1. The minimum atomic E-state index is -0.714. The molecule has 9 nitrogen and oxygen atoms in total. The first-order chi connectivity index (χ1) is 17.0. The Balaban J connectivity index is 1.77. The van der Waals surface area contributed by atoms with Gasteiger partial charge in [0.15, 0.2) is 0 Å². The average Bonchev–Trinajstić information content (AvgIpc) is 3.24. The summed E-state index contributed by atoms with van der Waals surface area (Å²) >= 11 is 0. The molecule has 0 spiro atoms. The predicted octanol–water partition coefficient (Wildman–Crippen LogP) is 4.63. The van der Waals surface area contributed by atoms with Gasteiger partial charge in [-0.05, 0) is 75.3 Å². The maximum absolute atomic E-state index is 13.0. The number of hydrogen-bond acceptors (Lipinski definition) is 5. The molecular formula is C27H35N5O4. The van der Waals surface area contributed by atoms with Gasteiger partial charge in [-0.1, -0.05) is 19.9 Å². The van der Waals surface area contributed by atoms with E-state index >= 15 is 0 Å². The number of nitriles is 1. The van der Waals surface area contributed by atoms with Gasteiger partial charge in [-0.2, -0.15) is 5.26 Å². The number of carbonyl (C=O) groups excluding carboxylic acids is 3. The van der Waals surface area contributed by atoms with Crippen LogP contribution in [0.25, 0.3) is 16.5 Å². The molecule has 0 saturated carbocycles. The van der Waals surface area contributed by atoms with E-state index in [0.29, 0.717) is 13.0 Å². The topological polar surface area (TPSA) is 116 Å². The third kappa shape index (κ3) is 6.87. The molecule has 192 valence electrons. The molecule has 0 radical (unpaired) electrons. The second-order valence-corrected chi connectivity index (χ2v) is 10.4. The molecule has 3 amide bonds. The minimum Gasteiger partial charge on any atom is -0.443 e. The summed E-state index contributed by atoms with van der Waals surface area (Å²) in [6.07, 6.45) is 5.15. The number of amides is 3. The predicted molar refractivity (Wildman–Crippen MR) is 138 cm³/mol. The molecule has 1 aromatic carbocycles. The van der Waals surface area contributed by atoms with Crippen molar-refractivity contribution in [3.05, 3.63) is 42.2 Å². The normalized spacial score (nSPS) is 14.7. The molecule has 0 aliphatic carbocycles. The van der Waals surface area contributed by atoms with Crippen LogP contribution in [0.15, 0.2) is 36.7 Å². The second kappa shape index (κ2) is 11.3. The summed E-state index contributed by atoms with van der Waals surface area (Å²) < 4.78 is 6.98. The number of rotatable bonds is 6. The fourth-order valence-electron chi connectivity index (χ4n) is 4.13. The van der Waals surface area contributed by atoms with Gasteiger partial charge < -0.3 is 20.3 Å². The fraction of sp³-hybridized carbons (Fsp3) is 0.481. The van der Waals surface area contributed by atoms with Crippen LogP contribution in [0.2, 0.25) is 0 Å². The van der Waals surface area contributed by atoms with E-state index in [9.17, 15) is 14.4 Å². The average molecular weight is 494 g/mol. The first kappa shape index (κ1) is 26.8. The van der Waals surface area contributed by atoms with E-state index in [1.54, 1.807) is 11.1 Å². The van der Waals surface area contributed by atoms with Crippen LogP contribution in [0.4, 0.5) is 9.59 Å². The highest BCUT2D eigenvalue weighted by Crippen LogP contribution is 2.28. The Hall–Kier alpha value is -3.80. The van der Waals surface area contributed by atoms with Gasteiger partial charge in [0.2, 0.25) is 5.91 Å². The Morgan fingerprint density at radius 2 is 1.94 bits per heavy atom. The van der Waals surface area contributed by atoms with E-state index in [-0.39, 0.29) is 24.4 Å². The van der Waals surface area contributed by atoms with Gasteiger partial charge in [0.05, 0.1) is 11.6 Å². The van der Waals surface area contributed by atoms with Gasteiger partial charge in [-0.25, -0.2) is 9.59 Å². The molecule has 1 aromatic heterocycles. The number of nitrogens with zero attached hydrogens (tertiary/aromatic N) is 3. The molecule has 2 heterocycles. The molecule has 1 atom stereocenters. The van der Waals surface area contributed by atoms with Crippen LogP contribution in [0.1, 0.15) is 59.4 Å². The number of hydrogen-bond donors (Lipinski definition) is 2. The number of carbonyl (C=O) groups is 3. The van der Waals surface area contributed by atoms with Gasteiger partial charge in [0.1, 0.15) is 18.2 Å². The molecule has 0 bridgehead atoms. The van der Waals surface area contributed by atoms with E-state index in [1.807, 2.05) is 71.2 Å². The quantitative estimate of drug-likeness (QED) is 0.569. The number of fused-ring (bicyclic) bond motifs is 1. The Bertz CT molecular complexity index is 1200. The maximum atomic E-state index is 13.0. The van der Waals surface area contributed by atoms with Crippen LogP contribution >= 0.6 is 0 Å². The highest BCUT2D eigenvalue weighted by Gasteiger charge is 2.25. The number of allylic oxidation sites excluding steroid dienone is 1. The zero-order chi connectivity index (χ0) is 26.5. The van der Waals surface area contributed by atoms with Gasteiger partial charge >= 0.3 is 12.1 Å². The zero-order valence-electron chi connectivity index (χ0n) is 21.6. The monoisotopic (exact) mass is 493 g/mol. The van der Waals surface area contributed by atoms with Crippen molar-refractivity contribution in [3.8, 4) is 6.07 Å². The maximum Gasteiger partial charge on any atom is 0.418 e. The van der Waals surface area contributed by atoms with Crippen LogP contribution in [-0.2, 0) is 9.53 Å². The summed E-state index contributed by atoms with van der Waals surface area (Å²) in [5, 5.41) is 15.0. The van der Waals surface area contributed by atoms with Crippen molar-refractivity contribution in [1.29, 1.82) is 5.26 Å². The number of ether oxygens (including phenoxy) is 1. The van der Waals surface area contributed by atoms with Crippen molar-refractivity contribution in [3.63, 3.8) is 0 Å². The molecule has 2 N–H and O–H groups in total. The number of nitrogens with one attached hydrogen (secondary N) is 2. The smallest absolute Gasteiger partial charge is 0.418 e. The van der Waals surface area contributed by atoms with Gasteiger partial charge in [-0.3, -0.25) is 9.36 Å². The zero-order valence-corrected chi connectivity index (χ0v) is 21.6. The molecule has 0 saturated heterocycles. The van der Waals surface area contributed by atoms with Crippen molar-refractivity contribution in [2.75, 3.05) is 13.1 Å². The van der Waals surface area contributed by atoms with E-state index in [2.05, 4.69) is 10.6 Å². The van der Waals surface area contributed by atoms with Crippen LogP contribution < -0.4 is 10.6 Å². The van der Waals surface area contributed by atoms with Crippen LogP contribution in [-0.4, -0.2) is 52.2 Å². The number of aromatic nitrogens is 1. The number of urea groups is 1. The molecule has 36 heavy (non-hydrogen) atoms. The summed E-state index contributed by atoms with van der Waals surface area (Å²) in [6, 6.07) is 8.51. The summed E-state index contributed by atoms with van der Waals surface area (Å²) in [5.41, 5.74) is 2.12. The SMILES string of the molecule is CC(C)CC(NC(=O)N1C=C(c2ccc3c(ccn3C(=O)OC(C)(C)C)c2)CCC1)C(=O)NCC#N. The first-order valence-electron chi connectivity index (χ1n) is 12.3. The Morgan fingerprint density at radius 3 is 2.61 bits per heavy atom. The lowest BCUT2D eigenvalue weighted by Crippen LogP contribution is -2.51. The van der Waals surface area contributed by atoms with Crippen molar-refractivity contribution < 1.29 is 19.1 Å². The lowest BCUT2D eigenvalue weighted by Gasteiger charge is -2.28. The van der Waals surface area contributed by atoms with E-state index in [4.69, 9.17) is 10.00 Å². The largest absolute Gasteiger partial charge is 0.443 e. The summed E-state index contributed by atoms with van der Waals surface area (Å²) in [6.45, 7) is 9.88. The van der Waals surface area contributed by atoms with Gasteiger partial charge in [0.25, 0.3) is 0 Å². The molecule has 1 aliphatic rings. The first-order valence-corrected chi connectivity index (χ1v) is 12.3. The standard InChI is InChI=1S/C27H35N5O4/c1-18(2)15-22(24(33)29-12-11-28)30-25(34)31-13-6-7-21(17-31)19-8-9-23-20(16-19)10-14-32(23)26(35)36-27(3,4)5/h8-10,14,16-18,22H,6-7,12-13,15H2,1-5H3,(H,29,33)(H,30,34). The third-order valence-corrected chi connectivity index (χ3v) is 5.73. The van der Waals surface area contributed by atoms with Gasteiger partial charge in [0, 0.05) is 24.3 Å². The Labute approximate surface area is 212 Å².